The Hall–Kier alpha value is -3.24. The number of aliphatic hydroxyl groups is 2. The summed E-state index contributed by atoms with van der Waals surface area (Å²) in [6, 6.07) is 3.41. The van der Waals surface area contributed by atoms with E-state index < -0.39 is 12.7 Å². The van der Waals surface area contributed by atoms with Gasteiger partial charge in [-0.25, -0.2) is 9.97 Å². The maximum atomic E-state index is 13.0. The summed E-state index contributed by atoms with van der Waals surface area (Å²) in [5.41, 5.74) is -0.713. The lowest BCUT2D eigenvalue weighted by Crippen LogP contribution is -2.31. The van der Waals surface area contributed by atoms with E-state index >= 15 is 0 Å². The molecule has 0 saturated heterocycles. The van der Waals surface area contributed by atoms with Gasteiger partial charge < -0.3 is 30.6 Å². The minimum Gasteiger partial charge on any atom is -0.619 e. The molecule has 0 fully saturated rings. The zero-order chi connectivity index (χ0) is 21.2. The fourth-order valence-electron chi connectivity index (χ4n) is 2.81. The number of hydrogen-bond acceptors (Lipinski definition) is 8. The van der Waals surface area contributed by atoms with E-state index in [1.807, 2.05) is 20.8 Å². The smallest absolute Gasteiger partial charge is 0.262 e. The molecule has 10 nitrogen and oxygen atoms in total. The van der Waals surface area contributed by atoms with Crippen LogP contribution in [0.15, 0.2) is 41.7 Å². The van der Waals surface area contributed by atoms with Crippen LogP contribution < -0.4 is 20.9 Å². The molecule has 3 aromatic heterocycles. The molecule has 0 amide bonds. The van der Waals surface area contributed by atoms with Crippen LogP contribution in [0.2, 0.25) is 0 Å². The Morgan fingerprint density at radius 3 is 2.76 bits per heavy atom. The largest absolute Gasteiger partial charge is 0.619 e. The number of aliphatic hydroxyl groups excluding tert-OH is 2. The average Bonchev–Trinajstić information content (AvgIpc) is 2.62. The van der Waals surface area contributed by atoms with Crippen molar-refractivity contribution in [1.29, 1.82) is 0 Å². The molecular formula is C19H24N6O4. The molecule has 29 heavy (non-hydrogen) atoms. The third kappa shape index (κ3) is 4.98. The fourth-order valence-corrected chi connectivity index (χ4v) is 2.81. The second-order valence-electron chi connectivity index (χ2n) is 7.73. The van der Waals surface area contributed by atoms with Gasteiger partial charge in [0.1, 0.15) is 11.6 Å². The number of rotatable bonds is 6. The summed E-state index contributed by atoms with van der Waals surface area (Å²) in [6.07, 6.45) is 4.43. The van der Waals surface area contributed by atoms with Gasteiger partial charge in [-0.15, -0.1) is 0 Å². The normalized spacial score (nSPS) is 12.7. The Bertz CT molecular complexity index is 1080. The molecule has 3 heterocycles. The van der Waals surface area contributed by atoms with E-state index in [0.717, 1.165) is 0 Å². The molecule has 0 unspecified atom stereocenters. The predicted molar refractivity (Wildman–Crippen MR) is 109 cm³/mol. The average molecular weight is 400 g/mol. The van der Waals surface area contributed by atoms with Crippen molar-refractivity contribution < 1.29 is 14.9 Å². The number of pyridine rings is 2. The first kappa shape index (κ1) is 20.5. The van der Waals surface area contributed by atoms with Gasteiger partial charge in [-0.3, -0.25) is 4.79 Å². The first-order valence-corrected chi connectivity index (χ1v) is 9.09. The Morgan fingerprint density at radius 1 is 1.34 bits per heavy atom. The lowest BCUT2D eigenvalue weighted by atomic mass is 10.1. The van der Waals surface area contributed by atoms with Crippen molar-refractivity contribution in [2.24, 2.45) is 0 Å². The van der Waals surface area contributed by atoms with Gasteiger partial charge in [0.2, 0.25) is 6.20 Å². The van der Waals surface area contributed by atoms with E-state index in [-0.39, 0.29) is 17.6 Å². The molecule has 3 aromatic rings. The van der Waals surface area contributed by atoms with Gasteiger partial charge in [-0.2, -0.15) is 4.73 Å². The highest BCUT2D eigenvalue weighted by Crippen LogP contribution is 2.25. The van der Waals surface area contributed by atoms with Crippen LogP contribution in [0.25, 0.3) is 10.8 Å². The third-order valence-corrected chi connectivity index (χ3v) is 4.00. The molecule has 0 radical (unpaired) electrons. The highest BCUT2D eigenvalue weighted by atomic mass is 16.5. The van der Waals surface area contributed by atoms with Crippen LogP contribution in [-0.2, 0) is 6.54 Å². The summed E-state index contributed by atoms with van der Waals surface area (Å²) < 4.78 is 1.96. The van der Waals surface area contributed by atoms with Crippen LogP contribution >= 0.6 is 0 Å². The highest BCUT2D eigenvalue weighted by Gasteiger charge is 2.18. The second-order valence-corrected chi connectivity index (χ2v) is 7.73. The third-order valence-electron chi connectivity index (χ3n) is 4.00. The van der Waals surface area contributed by atoms with Crippen LogP contribution in [0.4, 0.5) is 17.5 Å². The standard InChI is InChI=1S/C19H24N6O4/c1-19(2,3)23-17-16-12(4-6-24(18(16)28)9-13(27)11-26)8-14(22-17)21-15-10-25(29)7-5-20-15/h4-8,10,13,26-27H,9,11H2,1-3H3,(H2,20,21,22,23)/t13-/m1/s1. The van der Waals surface area contributed by atoms with Crippen molar-refractivity contribution in [3.05, 3.63) is 52.5 Å². The number of fused-ring (bicyclic) bond motifs is 1. The maximum absolute atomic E-state index is 13.0. The summed E-state index contributed by atoms with van der Waals surface area (Å²) in [4.78, 5) is 21.6. The van der Waals surface area contributed by atoms with Crippen LogP contribution in [0.1, 0.15) is 20.8 Å². The molecule has 154 valence electrons. The molecule has 0 saturated carbocycles. The van der Waals surface area contributed by atoms with Crippen LogP contribution in [0, 0.1) is 5.21 Å². The Labute approximate surface area is 167 Å². The van der Waals surface area contributed by atoms with Crippen LogP contribution in [0.5, 0.6) is 0 Å². The predicted octanol–water partition coefficient (Wildman–Crippen LogP) is 0.732. The maximum Gasteiger partial charge on any atom is 0.262 e. The van der Waals surface area contributed by atoms with E-state index in [0.29, 0.717) is 33.0 Å². The van der Waals surface area contributed by atoms with Crippen LogP contribution in [0.3, 0.4) is 0 Å². The van der Waals surface area contributed by atoms with Crippen molar-refractivity contribution in [1.82, 2.24) is 14.5 Å². The summed E-state index contributed by atoms with van der Waals surface area (Å²) in [5, 5.41) is 37.4. The number of hydrogen-bond donors (Lipinski definition) is 4. The van der Waals surface area contributed by atoms with Gasteiger partial charge >= 0.3 is 0 Å². The molecule has 0 aliphatic rings. The molecule has 0 bridgehead atoms. The minimum absolute atomic E-state index is 0.0301. The zero-order valence-electron chi connectivity index (χ0n) is 16.5. The molecule has 0 spiro atoms. The number of anilines is 3. The molecule has 0 aliphatic carbocycles. The van der Waals surface area contributed by atoms with Gasteiger partial charge in [0, 0.05) is 11.7 Å². The van der Waals surface area contributed by atoms with Crippen molar-refractivity contribution in [2.45, 2.75) is 39.0 Å². The fraction of sp³-hybridized carbons (Fsp3) is 0.368. The Morgan fingerprint density at radius 2 is 2.10 bits per heavy atom. The van der Waals surface area contributed by atoms with Gasteiger partial charge in [0.05, 0.1) is 30.8 Å². The minimum atomic E-state index is -1.04. The lowest BCUT2D eigenvalue weighted by Gasteiger charge is -2.23. The monoisotopic (exact) mass is 400 g/mol. The van der Waals surface area contributed by atoms with E-state index in [1.54, 1.807) is 18.3 Å². The Balaban J connectivity index is 2.12. The topological polar surface area (TPSA) is 139 Å². The second kappa shape index (κ2) is 8.02. The summed E-state index contributed by atoms with van der Waals surface area (Å²) in [7, 11) is 0. The van der Waals surface area contributed by atoms with Gasteiger partial charge in [-0.05, 0) is 38.3 Å². The molecule has 0 aliphatic heterocycles. The Kier molecular flexibility index (Phi) is 5.66. The van der Waals surface area contributed by atoms with Crippen molar-refractivity contribution in [3.8, 4) is 0 Å². The molecule has 4 N–H and O–H groups in total. The molecule has 10 heteroatoms. The van der Waals surface area contributed by atoms with Gasteiger partial charge in [0.15, 0.2) is 12.0 Å². The number of aromatic nitrogens is 4. The SMILES string of the molecule is CC(C)(C)Nc1nc(Nc2c[n+]([O-])ccn2)cc2ccn(C[C@@H](O)CO)c(=O)c12. The summed E-state index contributed by atoms with van der Waals surface area (Å²) in [5.74, 6) is 1.09. The first-order chi connectivity index (χ1) is 13.7. The first-order valence-electron chi connectivity index (χ1n) is 9.09. The van der Waals surface area contributed by atoms with Crippen molar-refractivity contribution >= 4 is 28.2 Å². The molecule has 0 aromatic carbocycles. The number of nitrogens with one attached hydrogen (secondary N) is 2. The zero-order valence-corrected chi connectivity index (χ0v) is 16.5. The van der Waals surface area contributed by atoms with Crippen molar-refractivity contribution in [2.75, 3.05) is 17.2 Å². The van der Waals surface area contributed by atoms with Gasteiger partial charge in [-0.1, -0.05) is 0 Å². The molecular weight excluding hydrogens is 376 g/mol. The summed E-state index contributed by atoms with van der Waals surface area (Å²) >= 11 is 0. The van der Waals surface area contributed by atoms with E-state index in [2.05, 4.69) is 20.6 Å². The van der Waals surface area contributed by atoms with Crippen molar-refractivity contribution in [3.63, 3.8) is 0 Å². The molecule has 3 rings (SSSR count). The number of nitrogens with zero attached hydrogens (tertiary/aromatic N) is 4. The van der Waals surface area contributed by atoms with Gasteiger partial charge in [0.25, 0.3) is 5.56 Å². The van der Waals surface area contributed by atoms with E-state index in [9.17, 15) is 15.1 Å². The van der Waals surface area contributed by atoms with E-state index in [1.165, 1.54) is 23.2 Å². The molecule has 1 atom stereocenters. The highest BCUT2D eigenvalue weighted by molar-refractivity contribution is 5.93. The van der Waals surface area contributed by atoms with Crippen LogP contribution in [-0.4, -0.2) is 43.0 Å². The summed E-state index contributed by atoms with van der Waals surface area (Å²) in [6.45, 7) is 5.35. The lowest BCUT2D eigenvalue weighted by molar-refractivity contribution is -0.605. The van der Waals surface area contributed by atoms with E-state index in [4.69, 9.17) is 5.11 Å². The quantitative estimate of drug-likeness (QED) is 0.351.